The maximum absolute atomic E-state index is 6.06. The molecule has 1 unspecified atom stereocenters. The molecule has 0 aliphatic rings. The van der Waals surface area contributed by atoms with Crippen molar-refractivity contribution >= 4 is 28.9 Å². The first-order chi connectivity index (χ1) is 8.56. The van der Waals surface area contributed by atoms with Gasteiger partial charge < -0.3 is 10.5 Å². The van der Waals surface area contributed by atoms with Gasteiger partial charge in [0.25, 0.3) is 0 Å². The van der Waals surface area contributed by atoms with Crippen LogP contribution in [0.2, 0.25) is 10.0 Å². The number of nitrogens with two attached hydrogens (primary N) is 1. The highest BCUT2D eigenvalue weighted by Gasteiger charge is 2.09. The molecule has 2 rings (SSSR count). The molecule has 0 radical (unpaired) electrons. The lowest BCUT2D eigenvalue weighted by molar-refractivity contribution is 0.227. The number of anilines is 1. The third-order valence-electron chi connectivity index (χ3n) is 2.60. The van der Waals surface area contributed by atoms with Gasteiger partial charge >= 0.3 is 0 Å². The summed E-state index contributed by atoms with van der Waals surface area (Å²) in [6.07, 6.45) is -0.107. The first-order valence-electron chi connectivity index (χ1n) is 5.53. The number of ether oxygens (including phenoxy) is 1. The highest BCUT2D eigenvalue weighted by atomic mass is 35.5. The zero-order valence-electron chi connectivity index (χ0n) is 9.86. The molecule has 2 N–H and O–H groups in total. The highest BCUT2D eigenvalue weighted by Crippen LogP contribution is 2.31. The number of hydrogen-bond acceptors (Lipinski definition) is 2. The van der Waals surface area contributed by atoms with E-state index in [1.54, 1.807) is 18.2 Å². The summed E-state index contributed by atoms with van der Waals surface area (Å²) in [5, 5.41) is 1.09. The molecule has 0 bridgehead atoms. The number of halogens is 2. The highest BCUT2D eigenvalue weighted by molar-refractivity contribution is 6.35. The summed E-state index contributed by atoms with van der Waals surface area (Å²) in [6.45, 7) is 1.95. The number of nitrogen functional groups attached to an aromatic ring is 1. The molecule has 0 amide bonds. The Morgan fingerprint density at radius 1 is 1.06 bits per heavy atom. The number of hydrogen-bond donors (Lipinski definition) is 1. The molecule has 0 spiro atoms. The number of rotatable bonds is 3. The molecule has 0 fully saturated rings. The SMILES string of the molecule is CC(Oc1ccc(Cl)cc1Cl)c1ccc(N)cc1. The van der Waals surface area contributed by atoms with Crippen molar-refractivity contribution in [1.82, 2.24) is 0 Å². The quantitative estimate of drug-likeness (QED) is 0.827. The second-order valence-corrected chi connectivity index (χ2v) is 4.85. The largest absolute Gasteiger partial charge is 0.484 e. The van der Waals surface area contributed by atoms with Crippen molar-refractivity contribution in [3.05, 3.63) is 58.1 Å². The number of benzene rings is 2. The van der Waals surface area contributed by atoms with E-state index in [1.165, 1.54) is 0 Å². The molecule has 0 aliphatic heterocycles. The van der Waals surface area contributed by atoms with Crippen molar-refractivity contribution in [3.63, 3.8) is 0 Å². The zero-order chi connectivity index (χ0) is 13.1. The van der Waals surface area contributed by atoms with Crippen LogP contribution in [0.1, 0.15) is 18.6 Å². The van der Waals surface area contributed by atoms with E-state index in [4.69, 9.17) is 33.7 Å². The molecular formula is C14H13Cl2NO. The Bertz CT molecular complexity index is 540. The maximum atomic E-state index is 6.06. The molecule has 0 saturated carbocycles. The van der Waals surface area contributed by atoms with Gasteiger partial charge in [-0.05, 0) is 42.8 Å². The van der Waals surface area contributed by atoms with Crippen LogP contribution >= 0.6 is 23.2 Å². The average Bonchev–Trinajstić information content (AvgIpc) is 2.33. The van der Waals surface area contributed by atoms with E-state index in [2.05, 4.69) is 0 Å². The van der Waals surface area contributed by atoms with E-state index in [0.717, 1.165) is 11.3 Å². The van der Waals surface area contributed by atoms with Crippen LogP contribution in [-0.2, 0) is 0 Å². The summed E-state index contributed by atoms with van der Waals surface area (Å²) < 4.78 is 5.79. The summed E-state index contributed by atoms with van der Waals surface area (Å²) in [7, 11) is 0. The van der Waals surface area contributed by atoms with Crippen LogP contribution in [0, 0.1) is 0 Å². The van der Waals surface area contributed by atoms with E-state index in [-0.39, 0.29) is 6.10 Å². The molecule has 0 heterocycles. The van der Waals surface area contributed by atoms with Gasteiger partial charge in [0.2, 0.25) is 0 Å². The van der Waals surface area contributed by atoms with Crippen molar-refractivity contribution in [2.45, 2.75) is 13.0 Å². The van der Waals surface area contributed by atoms with E-state index >= 15 is 0 Å². The van der Waals surface area contributed by atoms with Gasteiger partial charge in [0.05, 0.1) is 5.02 Å². The predicted octanol–water partition coefficient (Wildman–Crippen LogP) is 4.72. The molecule has 0 aromatic heterocycles. The Hall–Kier alpha value is -1.38. The topological polar surface area (TPSA) is 35.2 Å². The molecule has 94 valence electrons. The minimum atomic E-state index is -0.107. The fourth-order valence-corrected chi connectivity index (χ4v) is 2.05. The van der Waals surface area contributed by atoms with Crippen molar-refractivity contribution in [1.29, 1.82) is 0 Å². The summed E-state index contributed by atoms with van der Waals surface area (Å²) in [6, 6.07) is 12.7. The van der Waals surface area contributed by atoms with Gasteiger partial charge in [0.1, 0.15) is 11.9 Å². The molecule has 18 heavy (non-hydrogen) atoms. The van der Waals surface area contributed by atoms with Crippen molar-refractivity contribution in [3.8, 4) is 5.75 Å². The van der Waals surface area contributed by atoms with E-state index in [0.29, 0.717) is 15.8 Å². The van der Waals surface area contributed by atoms with Crippen molar-refractivity contribution in [2.75, 3.05) is 5.73 Å². The van der Waals surface area contributed by atoms with Gasteiger partial charge in [-0.1, -0.05) is 35.3 Å². The van der Waals surface area contributed by atoms with Crippen molar-refractivity contribution in [2.24, 2.45) is 0 Å². The molecule has 2 aromatic rings. The molecular weight excluding hydrogens is 269 g/mol. The van der Waals surface area contributed by atoms with Crippen LogP contribution < -0.4 is 10.5 Å². The van der Waals surface area contributed by atoms with Gasteiger partial charge in [-0.3, -0.25) is 0 Å². The Morgan fingerprint density at radius 2 is 1.72 bits per heavy atom. The third kappa shape index (κ3) is 3.09. The van der Waals surface area contributed by atoms with Crippen LogP contribution in [0.5, 0.6) is 5.75 Å². The molecule has 2 nitrogen and oxygen atoms in total. The van der Waals surface area contributed by atoms with Crippen LogP contribution in [0.15, 0.2) is 42.5 Å². The summed E-state index contributed by atoms with van der Waals surface area (Å²) in [4.78, 5) is 0. The Labute approximate surface area is 116 Å². The third-order valence-corrected chi connectivity index (χ3v) is 3.13. The second-order valence-electron chi connectivity index (χ2n) is 4.00. The molecule has 0 saturated heterocycles. The van der Waals surface area contributed by atoms with Crippen molar-refractivity contribution < 1.29 is 4.74 Å². The maximum Gasteiger partial charge on any atom is 0.138 e. The van der Waals surface area contributed by atoms with E-state index in [9.17, 15) is 0 Å². The lowest BCUT2D eigenvalue weighted by Gasteiger charge is -2.16. The van der Waals surface area contributed by atoms with Gasteiger partial charge in [0, 0.05) is 10.7 Å². The summed E-state index contributed by atoms with van der Waals surface area (Å²) in [5.74, 6) is 0.616. The predicted molar refractivity (Wildman–Crippen MR) is 76.4 cm³/mol. The first-order valence-corrected chi connectivity index (χ1v) is 6.29. The van der Waals surface area contributed by atoms with Gasteiger partial charge in [0.15, 0.2) is 0 Å². The van der Waals surface area contributed by atoms with Crippen LogP contribution in [0.3, 0.4) is 0 Å². The van der Waals surface area contributed by atoms with Crippen LogP contribution in [0.4, 0.5) is 5.69 Å². The zero-order valence-corrected chi connectivity index (χ0v) is 11.4. The Balaban J connectivity index is 2.15. The van der Waals surface area contributed by atoms with E-state index in [1.807, 2.05) is 31.2 Å². The molecule has 2 aromatic carbocycles. The van der Waals surface area contributed by atoms with Crippen LogP contribution in [0.25, 0.3) is 0 Å². The van der Waals surface area contributed by atoms with Gasteiger partial charge in [-0.15, -0.1) is 0 Å². The second kappa shape index (κ2) is 5.51. The summed E-state index contributed by atoms with van der Waals surface area (Å²) in [5.41, 5.74) is 7.41. The standard InChI is InChI=1S/C14H13Cl2NO/c1-9(10-2-5-12(17)6-3-10)18-14-7-4-11(15)8-13(14)16/h2-9H,17H2,1H3. The Morgan fingerprint density at radius 3 is 2.33 bits per heavy atom. The lowest BCUT2D eigenvalue weighted by Crippen LogP contribution is -2.03. The fraction of sp³-hybridized carbons (Fsp3) is 0.143. The molecule has 1 atom stereocenters. The minimum Gasteiger partial charge on any atom is -0.484 e. The fourth-order valence-electron chi connectivity index (χ4n) is 1.60. The molecule has 0 aliphatic carbocycles. The van der Waals surface area contributed by atoms with E-state index < -0.39 is 0 Å². The van der Waals surface area contributed by atoms with Crippen LogP contribution in [-0.4, -0.2) is 0 Å². The minimum absolute atomic E-state index is 0.107. The molecule has 4 heteroatoms. The van der Waals surface area contributed by atoms with Gasteiger partial charge in [-0.25, -0.2) is 0 Å². The monoisotopic (exact) mass is 281 g/mol. The normalized spacial score (nSPS) is 12.2. The summed E-state index contributed by atoms with van der Waals surface area (Å²) >= 11 is 11.9. The smallest absolute Gasteiger partial charge is 0.138 e. The first kappa shape index (κ1) is 13.1. The lowest BCUT2D eigenvalue weighted by atomic mass is 10.1. The average molecular weight is 282 g/mol. The Kier molecular flexibility index (Phi) is 4.00. The van der Waals surface area contributed by atoms with Gasteiger partial charge in [-0.2, -0.15) is 0 Å².